The molecule has 0 radical (unpaired) electrons. The van der Waals surface area contributed by atoms with Crippen LogP contribution in [0.4, 0.5) is 0 Å². The summed E-state index contributed by atoms with van der Waals surface area (Å²) in [4.78, 5) is 0. The Kier molecular flexibility index (Phi) is 8.49. The van der Waals surface area contributed by atoms with E-state index in [2.05, 4.69) is 52.3 Å². The van der Waals surface area contributed by atoms with Gasteiger partial charge in [-0.2, -0.15) is 0 Å². The highest BCUT2D eigenvalue weighted by Gasteiger charge is 2.45. The first-order chi connectivity index (χ1) is 15.7. The average Bonchev–Trinajstić information content (AvgIpc) is 2.83. The lowest BCUT2D eigenvalue weighted by Gasteiger charge is -2.43. The van der Waals surface area contributed by atoms with Crippen molar-refractivity contribution in [1.82, 2.24) is 0 Å². The lowest BCUT2D eigenvalue weighted by atomic mass is 10.00. The fourth-order valence-corrected chi connectivity index (χ4v) is 4.65. The van der Waals surface area contributed by atoms with E-state index in [-0.39, 0.29) is 29.4 Å². The summed E-state index contributed by atoms with van der Waals surface area (Å²) >= 11 is 3.68. The van der Waals surface area contributed by atoms with Gasteiger partial charge in [-0.25, -0.2) is 0 Å². The second-order valence-corrected chi connectivity index (χ2v) is 8.88. The van der Waals surface area contributed by atoms with E-state index in [1.807, 2.05) is 61.5 Å². The van der Waals surface area contributed by atoms with Crippen molar-refractivity contribution in [2.24, 2.45) is 0 Å². The topological polar surface area (TPSA) is 36.9 Å². The van der Waals surface area contributed by atoms with E-state index in [1.165, 1.54) is 0 Å². The van der Waals surface area contributed by atoms with Crippen LogP contribution in [-0.4, -0.2) is 29.4 Å². The number of ether oxygens (including phenoxy) is 4. The number of hydrogen-bond donors (Lipinski definition) is 0. The van der Waals surface area contributed by atoms with Gasteiger partial charge in [0, 0.05) is 0 Å². The van der Waals surface area contributed by atoms with Gasteiger partial charge in [-0.3, -0.25) is 0 Å². The Morgan fingerprint density at radius 3 is 1.41 bits per heavy atom. The summed E-state index contributed by atoms with van der Waals surface area (Å²) in [7, 11) is 0. The Balaban J connectivity index is 1.50. The molecule has 5 heteroatoms. The highest BCUT2D eigenvalue weighted by Crippen LogP contribution is 2.32. The molecule has 1 aliphatic heterocycles. The molecule has 4 rings (SSSR count). The van der Waals surface area contributed by atoms with Crippen molar-refractivity contribution in [2.45, 2.75) is 56.2 Å². The summed E-state index contributed by atoms with van der Waals surface area (Å²) in [6.07, 6.45) is -1.04. The fourth-order valence-electron chi connectivity index (χ4n) is 3.85. The maximum absolute atomic E-state index is 6.45. The highest BCUT2D eigenvalue weighted by atomic mass is 79.9. The van der Waals surface area contributed by atoms with Gasteiger partial charge in [-0.05, 0) is 23.6 Å². The van der Waals surface area contributed by atoms with Gasteiger partial charge in [0.05, 0.1) is 25.9 Å². The first kappa shape index (κ1) is 23.1. The minimum atomic E-state index is -0.323. The van der Waals surface area contributed by atoms with Crippen molar-refractivity contribution < 1.29 is 18.9 Å². The fraction of sp³-hybridized carbons (Fsp3) is 0.333. The molecule has 0 aromatic heterocycles. The first-order valence-corrected chi connectivity index (χ1v) is 11.9. The predicted molar refractivity (Wildman–Crippen MR) is 128 cm³/mol. The van der Waals surface area contributed by atoms with Gasteiger partial charge >= 0.3 is 0 Å². The quantitative estimate of drug-likeness (QED) is 0.346. The van der Waals surface area contributed by atoms with Gasteiger partial charge in [-0.1, -0.05) is 107 Å². The van der Waals surface area contributed by atoms with Crippen LogP contribution < -0.4 is 0 Å². The van der Waals surface area contributed by atoms with Gasteiger partial charge in [0.2, 0.25) is 0 Å². The molecule has 168 valence electrons. The zero-order valence-corrected chi connectivity index (χ0v) is 19.8. The Bertz CT molecular complexity index is 867. The van der Waals surface area contributed by atoms with Crippen LogP contribution in [0.25, 0.3) is 0 Å². The predicted octanol–water partition coefficient (Wildman–Crippen LogP) is 5.88. The summed E-state index contributed by atoms with van der Waals surface area (Å²) in [6.45, 7) is 3.47. The molecule has 0 saturated carbocycles. The van der Waals surface area contributed by atoms with Crippen LogP contribution in [0, 0.1) is 0 Å². The summed E-state index contributed by atoms with van der Waals surface area (Å²) in [6, 6.07) is 30.5. The molecule has 0 bridgehead atoms. The van der Waals surface area contributed by atoms with Crippen molar-refractivity contribution >= 4 is 15.9 Å². The second-order valence-electron chi connectivity index (χ2n) is 7.98. The van der Waals surface area contributed by atoms with Crippen LogP contribution in [-0.2, 0) is 38.8 Å². The van der Waals surface area contributed by atoms with Gasteiger partial charge in [-0.15, -0.1) is 0 Å². The van der Waals surface area contributed by atoms with Crippen LogP contribution in [0.3, 0.4) is 0 Å². The van der Waals surface area contributed by atoms with E-state index in [0.717, 1.165) is 16.7 Å². The Labute approximate surface area is 198 Å². The smallest absolute Gasteiger partial charge is 0.141 e. The third kappa shape index (κ3) is 6.27. The van der Waals surface area contributed by atoms with E-state index in [9.17, 15) is 0 Å². The lowest BCUT2D eigenvalue weighted by molar-refractivity contribution is -0.241. The third-order valence-corrected chi connectivity index (χ3v) is 6.31. The number of halogens is 1. The van der Waals surface area contributed by atoms with E-state index in [1.54, 1.807) is 0 Å². The minimum Gasteiger partial charge on any atom is -0.368 e. The van der Waals surface area contributed by atoms with Crippen molar-refractivity contribution in [3.05, 3.63) is 108 Å². The zero-order valence-electron chi connectivity index (χ0n) is 18.2. The number of alkyl halides is 1. The molecule has 1 aliphatic rings. The number of benzene rings is 3. The van der Waals surface area contributed by atoms with Crippen LogP contribution in [0.2, 0.25) is 0 Å². The van der Waals surface area contributed by atoms with Gasteiger partial charge in [0.1, 0.15) is 23.3 Å². The molecule has 4 nitrogen and oxygen atoms in total. The van der Waals surface area contributed by atoms with Gasteiger partial charge < -0.3 is 18.9 Å². The van der Waals surface area contributed by atoms with Gasteiger partial charge in [0.15, 0.2) is 0 Å². The normalized spacial score (nSPS) is 25.5. The highest BCUT2D eigenvalue weighted by molar-refractivity contribution is 9.09. The summed E-state index contributed by atoms with van der Waals surface area (Å²) < 4.78 is 25.3. The van der Waals surface area contributed by atoms with Crippen molar-refractivity contribution in [1.29, 1.82) is 0 Å². The summed E-state index contributed by atoms with van der Waals surface area (Å²) in [5.41, 5.74) is 3.33. The van der Waals surface area contributed by atoms with Crippen molar-refractivity contribution in [2.75, 3.05) is 0 Å². The standard InChI is InChI=1S/C27H29BrO4/c1-20-24(29-17-21-11-5-2-6-12-21)25(30-18-22-13-7-3-8-14-22)26(27(28)32-20)31-19-23-15-9-4-10-16-23/h2-16,20,24-27H,17-19H2,1H3/t20-,24+,25+,26-,27+/m1/s1. The second kappa shape index (κ2) is 11.7. The van der Waals surface area contributed by atoms with Crippen LogP contribution >= 0.6 is 15.9 Å². The molecule has 3 aromatic carbocycles. The summed E-state index contributed by atoms with van der Waals surface area (Å²) in [5, 5.41) is -0.293. The molecular weight excluding hydrogens is 468 g/mol. The Morgan fingerprint density at radius 2 is 0.969 bits per heavy atom. The van der Waals surface area contributed by atoms with Gasteiger partial charge in [0.25, 0.3) is 0 Å². The average molecular weight is 497 g/mol. The zero-order chi connectivity index (χ0) is 22.2. The molecule has 0 N–H and O–H groups in total. The molecule has 1 heterocycles. The van der Waals surface area contributed by atoms with E-state index in [0.29, 0.717) is 19.8 Å². The molecule has 0 unspecified atom stereocenters. The van der Waals surface area contributed by atoms with E-state index < -0.39 is 0 Å². The maximum atomic E-state index is 6.45. The number of hydrogen-bond acceptors (Lipinski definition) is 4. The SMILES string of the molecule is C[C@H]1O[C@H](Br)[C@H](OCc2ccccc2)[C@@H](OCc2ccccc2)[C@H]1OCc1ccccc1. The monoisotopic (exact) mass is 496 g/mol. The van der Waals surface area contributed by atoms with Crippen molar-refractivity contribution in [3.63, 3.8) is 0 Å². The van der Waals surface area contributed by atoms with Crippen LogP contribution in [0.5, 0.6) is 0 Å². The molecule has 3 aromatic rings. The molecule has 1 fully saturated rings. The molecule has 0 amide bonds. The lowest BCUT2D eigenvalue weighted by Crippen LogP contribution is -2.57. The molecule has 32 heavy (non-hydrogen) atoms. The molecule has 0 aliphatic carbocycles. The van der Waals surface area contributed by atoms with E-state index >= 15 is 0 Å². The molecule has 1 saturated heterocycles. The Morgan fingerprint density at radius 1 is 0.594 bits per heavy atom. The van der Waals surface area contributed by atoms with E-state index in [4.69, 9.17) is 18.9 Å². The molecule has 0 spiro atoms. The largest absolute Gasteiger partial charge is 0.368 e. The summed E-state index contributed by atoms with van der Waals surface area (Å²) in [5.74, 6) is 0. The number of rotatable bonds is 9. The van der Waals surface area contributed by atoms with Crippen molar-refractivity contribution in [3.8, 4) is 0 Å². The minimum absolute atomic E-state index is 0.152. The molecular formula is C27H29BrO4. The molecule has 5 atom stereocenters. The van der Waals surface area contributed by atoms with Crippen LogP contribution in [0.15, 0.2) is 91.0 Å². The maximum Gasteiger partial charge on any atom is 0.141 e. The third-order valence-electron chi connectivity index (χ3n) is 5.57. The first-order valence-electron chi connectivity index (χ1n) is 11.0. The Hall–Kier alpha value is -2.02. The van der Waals surface area contributed by atoms with Crippen LogP contribution in [0.1, 0.15) is 23.6 Å².